The molecule has 0 fully saturated rings. The summed E-state index contributed by atoms with van der Waals surface area (Å²) in [6.45, 7) is 0. The number of carbonyl (C=O) groups excluding carboxylic acids is 1. The smallest absolute Gasteiger partial charge is 0.237 e. The van der Waals surface area contributed by atoms with Crippen molar-refractivity contribution in [3.8, 4) is 6.07 Å². The van der Waals surface area contributed by atoms with E-state index in [1.54, 1.807) is 24.5 Å². The number of nitrogens with one attached hydrogen (secondary N) is 1. The van der Waals surface area contributed by atoms with Crippen LogP contribution >= 0.6 is 23.4 Å². The highest BCUT2D eigenvalue weighted by Crippen LogP contribution is 2.22. The summed E-state index contributed by atoms with van der Waals surface area (Å²) in [5, 5.41) is 12.2. The van der Waals surface area contributed by atoms with Gasteiger partial charge >= 0.3 is 0 Å². The van der Waals surface area contributed by atoms with E-state index in [0.29, 0.717) is 5.02 Å². The van der Waals surface area contributed by atoms with Crippen LogP contribution in [-0.4, -0.2) is 17.5 Å². The van der Waals surface area contributed by atoms with E-state index in [9.17, 15) is 4.79 Å². The summed E-state index contributed by atoms with van der Waals surface area (Å²) in [7, 11) is 0. The molecule has 0 radical (unpaired) electrons. The Morgan fingerprint density at radius 2 is 2.35 bits per heavy atom. The van der Waals surface area contributed by atoms with Crippen LogP contribution < -0.4 is 11.1 Å². The summed E-state index contributed by atoms with van der Waals surface area (Å²) in [4.78, 5) is 11.1. The fourth-order valence-electron chi connectivity index (χ4n) is 1.30. The third-order valence-electron chi connectivity index (χ3n) is 2.14. The van der Waals surface area contributed by atoms with Crippen LogP contribution in [0.25, 0.3) is 0 Å². The molecule has 6 heteroatoms. The lowest BCUT2D eigenvalue weighted by Gasteiger charge is -2.20. The first-order valence-corrected chi connectivity index (χ1v) is 6.49. The number of carbonyl (C=O) groups is 1. The van der Waals surface area contributed by atoms with Gasteiger partial charge in [0, 0.05) is 10.7 Å². The number of nitrogens with zero attached hydrogens (tertiary/aromatic N) is 1. The van der Waals surface area contributed by atoms with E-state index >= 15 is 0 Å². The number of thioether (sulfide) groups is 1. The molecule has 3 N–H and O–H groups in total. The molecule has 0 saturated carbocycles. The Balaban J connectivity index is 2.83. The minimum Gasteiger partial charge on any atom is -0.372 e. The van der Waals surface area contributed by atoms with Gasteiger partial charge in [0.05, 0.1) is 11.4 Å². The summed E-state index contributed by atoms with van der Waals surface area (Å²) in [5.74, 6) is -1.52. The normalized spacial score (nSPS) is 13.5. The lowest BCUT2D eigenvalue weighted by atomic mass is 10.1. The molecule has 90 valence electrons. The summed E-state index contributed by atoms with van der Waals surface area (Å²) in [6.07, 6.45) is 1.80. The van der Waals surface area contributed by atoms with Gasteiger partial charge in [-0.05, 0) is 24.5 Å². The van der Waals surface area contributed by atoms with Crippen molar-refractivity contribution in [2.24, 2.45) is 11.7 Å². The van der Waals surface area contributed by atoms with Gasteiger partial charge in [0.2, 0.25) is 5.91 Å². The Bertz CT molecular complexity index is 447. The van der Waals surface area contributed by atoms with Crippen molar-refractivity contribution in [1.82, 2.24) is 0 Å². The van der Waals surface area contributed by atoms with Crippen molar-refractivity contribution in [2.75, 3.05) is 11.6 Å². The van der Waals surface area contributed by atoms with E-state index in [2.05, 4.69) is 5.32 Å². The first-order valence-electron chi connectivity index (χ1n) is 4.82. The fourth-order valence-corrected chi connectivity index (χ4v) is 2.21. The van der Waals surface area contributed by atoms with E-state index in [1.807, 2.05) is 12.1 Å². The molecule has 0 aromatic heterocycles. The maximum absolute atomic E-state index is 11.1. The number of anilines is 1. The van der Waals surface area contributed by atoms with Crippen LogP contribution in [-0.2, 0) is 4.79 Å². The predicted molar refractivity (Wildman–Crippen MR) is 70.7 cm³/mol. The SMILES string of the molecule is CSC(Nc1cccc(Cl)c1)C(C#N)C(N)=O. The number of nitrogens with two attached hydrogens (primary N) is 1. The summed E-state index contributed by atoms with van der Waals surface area (Å²) < 4.78 is 0. The van der Waals surface area contributed by atoms with Crippen LogP contribution in [0.15, 0.2) is 24.3 Å². The first-order chi connectivity index (χ1) is 8.08. The minimum absolute atomic E-state index is 0.393. The fraction of sp³-hybridized carbons (Fsp3) is 0.273. The molecule has 0 bridgehead atoms. The van der Waals surface area contributed by atoms with Crippen LogP contribution in [0.4, 0.5) is 5.69 Å². The highest BCUT2D eigenvalue weighted by molar-refractivity contribution is 7.99. The molecule has 1 amide bonds. The van der Waals surface area contributed by atoms with E-state index in [0.717, 1.165) is 5.69 Å². The number of rotatable bonds is 5. The number of hydrogen-bond acceptors (Lipinski definition) is 4. The van der Waals surface area contributed by atoms with Crippen molar-refractivity contribution in [3.05, 3.63) is 29.3 Å². The Hall–Kier alpha value is -1.38. The molecule has 2 unspecified atom stereocenters. The molecule has 1 aromatic rings. The van der Waals surface area contributed by atoms with Gasteiger partial charge < -0.3 is 11.1 Å². The second-order valence-electron chi connectivity index (χ2n) is 3.32. The van der Waals surface area contributed by atoms with Gasteiger partial charge in [-0.2, -0.15) is 5.26 Å². The van der Waals surface area contributed by atoms with Crippen molar-refractivity contribution < 1.29 is 4.79 Å². The van der Waals surface area contributed by atoms with Crippen LogP contribution in [0, 0.1) is 17.2 Å². The molecular formula is C11H12ClN3OS. The standard InChI is InChI=1S/C11H12ClN3OS/c1-17-11(9(6-13)10(14)16)15-8-4-2-3-7(12)5-8/h2-5,9,11,15H,1H3,(H2,14,16). The molecule has 0 heterocycles. The van der Waals surface area contributed by atoms with Crippen molar-refractivity contribution in [1.29, 1.82) is 5.26 Å². The van der Waals surface area contributed by atoms with Gasteiger partial charge in [-0.15, -0.1) is 11.8 Å². The van der Waals surface area contributed by atoms with Crippen molar-refractivity contribution in [2.45, 2.75) is 5.37 Å². The van der Waals surface area contributed by atoms with E-state index in [4.69, 9.17) is 22.6 Å². The molecule has 0 aliphatic carbocycles. The number of primary amides is 1. The molecule has 1 rings (SSSR count). The third-order valence-corrected chi connectivity index (χ3v) is 3.27. The largest absolute Gasteiger partial charge is 0.372 e. The highest BCUT2D eigenvalue weighted by atomic mass is 35.5. The summed E-state index contributed by atoms with van der Waals surface area (Å²) >= 11 is 7.20. The van der Waals surface area contributed by atoms with Crippen molar-refractivity contribution >= 4 is 35.0 Å². The van der Waals surface area contributed by atoms with Gasteiger partial charge in [-0.25, -0.2) is 0 Å². The Morgan fingerprint density at radius 3 is 2.82 bits per heavy atom. The van der Waals surface area contributed by atoms with Gasteiger partial charge in [0.15, 0.2) is 5.92 Å². The Kier molecular flexibility index (Phi) is 5.13. The zero-order valence-corrected chi connectivity index (χ0v) is 10.8. The van der Waals surface area contributed by atoms with E-state index in [-0.39, 0.29) is 0 Å². The number of halogens is 1. The second kappa shape index (κ2) is 6.38. The predicted octanol–water partition coefficient (Wildman–Crippen LogP) is 2.07. The maximum Gasteiger partial charge on any atom is 0.237 e. The molecule has 0 spiro atoms. The lowest BCUT2D eigenvalue weighted by molar-refractivity contribution is -0.120. The number of nitriles is 1. The van der Waals surface area contributed by atoms with Crippen molar-refractivity contribution in [3.63, 3.8) is 0 Å². The van der Waals surface area contributed by atoms with Gasteiger partial charge in [0.25, 0.3) is 0 Å². The third kappa shape index (κ3) is 3.84. The first kappa shape index (κ1) is 13.7. The van der Waals surface area contributed by atoms with Gasteiger partial charge in [0.1, 0.15) is 0 Å². The number of hydrogen-bond donors (Lipinski definition) is 2. The molecule has 2 atom stereocenters. The summed E-state index contributed by atoms with van der Waals surface area (Å²) in [6, 6.07) is 8.96. The molecule has 1 aromatic carbocycles. The molecular weight excluding hydrogens is 258 g/mol. The average molecular weight is 270 g/mol. The summed E-state index contributed by atoms with van der Waals surface area (Å²) in [5.41, 5.74) is 5.91. The molecule has 4 nitrogen and oxygen atoms in total. The second-order valence-corrected chi connectivity index (χ2v) is 4.74. The number of amides is 1. The molecule has 0 saturated heterocycles. The van der Waals surface area contributed by atoms with Crippen LogP contribution in [0.1, 0.15) is 0 Å². The Morgan fingerprint density at radius 1 is 1.65 bits per heavy atom. The average Bonchev–Trinajstić information content (AvgIpc) is 2.28. The molecule has 0 aliphatic rings. The minimum atomic E-state index is -0.885. The lowest BCUT2D eigenvalue weighted by Crippen LogP contribution is -2.35. The van der Waals surface area contributed by atoms with E-state index in [1.165, 1.54) is 11.8 Å². The maximum atomic E-state index is 11.1. The highest BCUT2D eigenvalue weighted by Gasteiger charge is 2.25. The topological polar surface area (TPSA) is 78.9 Å². The van der Waals surface area contributed by atoms with Crippen LogP contribution in [0.3, 0.4) is 0 Å². The van der Waals surface area contributed by atoms with Crippen LogP contribution in [0.2, 0.25) is 5.02 Å². The monoisotopic (exact) mass is 269 g/mol. The zero-order chi connectivity index (χ0) is 12.8. The van der Waals surface area contributed by atoms with Gasteiger partial charge in [-0.3, -0.25) is 4.79 Å². The van der Waals surface area contributed by atoms with Gasteiger partial charge in [-0.1, -0.05) is 17.7 Å². The molecule has 0 aliphatic heterocycles. The molecule has 17 heavy (non-hydrogen) atoms. The number of benzene rings is 1. The zero-order valence-electron chi connectivity index (χ0n) is 9.18. The van der Waals surface area contributed by atoms with E-state index < -0.39 is 17.2 Å². The quantitative estimate of drug-likeness (QED) is 0.802. The Labute approximate surface area is 109 Å². The van der Waals surface area contributed by atoms with Crippen LogP contribution in [0.5, 0.6) is 0 Å².